The molecule has 0 bridgehead atoms. The lowest BCUT2D eigenvalue weighted by molar-refractivity contribution is 0.400. The third-order valence-corrected chi connectivity index (χ3v) is 7.70. The molecule has 2 saturated heterocycles. The van der Waals surface area contributed by atoms with Crippen LogP contribution >= 0.6 is 0 Å². The molecule has 0 spiro atoms. The van der Waals surface area contributed by atoms with Crippen molar-refractivity contribution in [2.24, 2.45) is 5.92 Å². The zero-order valence-electron chi connectivity index (χ0n) is 11.0. The molecule has 1 atom stereocenters. The van der Waals surface area contributed by atoms with Gasteiger partial charge in [-0.3, -0.25) is 0 Å². The number of hydrogen-bond acceptors (Lipinski definition) is 5. The summed E-state index contributed by atoms with van der Waals surface area (Å²) in [6.45, 7) is 1.75. The Kier molecular flexibility index (Phi) is 4.86. The van der Waals surface area contributed by atoms with E-state index >= 15 is 0 Å². The van der Waals surface area contributed by atoms with Gasteiger partial charge in [0.25, 0.3) is 0 Å². The van der Waals surface area contributed by atoms with Gasteiger partial charge in [0.1, 0.15) is 0 Å². The van der Waals surface area contributed by atoms with Gasteiger partial charge >= 0.3 is 0 Å². The van der Waals surface area contributed by atoms with Crippen LogP contribution in [0.15, 0.2) is 0 Å². The molecular formula is C11H22N2O4S2. The van der Waals surface area contributed by atoms with Crippen molar-refractivity contribution in [3.63, 3.8) is 0 Å². The molecule has 8 heteroatoms. The van der Waals surface area contributed by atoms with Crippen LogP contribution in [-0.4, -0.2) is 53.2 Å². The topological polar surface area (TPSA) is 92.3 Å². The Labute approximate surface area is 115 Å². The highest BCUT2D eigenvalue weighted by atomic mass is 32.2. The van der Waals surface area contributed by atoms with Gasteiger partial charge in [0.05, 0.1) is 16.8 Å². The molecule has 0 aliphatic carbocycles. The fourth-order valence-corrected chi connectivity index (χ4v) is 6.12. The maximum atomic E-state index is 11.9. The van der Waals surface area contributed by atoms with Gasteiger partial charge in [-0.05, 0) is 44.7 Å². The van der Waals surface area contributed by atoms with Gasteiger partial charge in [0.2, 0.25) is 10.0 Å². The largest absolute Gasteiger partial charge is 0.317 e. The van der Waals surface area contributed by atoms with E-state index in [1.807, 2.05) is 0 Å². The van der Waals surface area contributed by atoms with E-state index in [4.69, 9.17) is 0 Å². The lowest BCUT2D eigenvalue weighted by atomic mass is 10.0. The molecule has 0 aromatic carbocycles. The average molecular weight is 310 g/mol. The highest BCUT2D eigenvalue weighted by molar-refractivity contribution is 7.92. The van der Waals surface area contributed by atoms with E-state index in [1.165, 1.54) is 0 Å². The number of piperidine rings is 1. The molecule has 2 N–H and O–H groups in total. The van der Waals surface area contributed by atoms with Crippen LogP contribution in [-0.2, 0) is 19.9 Å². The van der Waals surface area contributed by atoms with E-state index in [0.717, 1.165) is 25.9 Å². The molecule has 0 radical (unpaired) electrons. The molecule has 19 heavy (non-hydrogen) atoms. The van der Waals surface area contributed by atoms with Crippen molar-refractivity contribution in [2.75, 3.05) is 31.1 Å². The first-order valence-corrected chi connectivity index (χ1v) is 10.2. The Balaban J connectivity index is 1.83. The van der Waals surface area contributed by atoms with Crippen molar-refractivity contribution in [2.45, 2.75) is 30.9 Å². The Morgan fingerprint density at radius 3 is 2.42 bits per heavy atom. The fourth-order valence-electron chi connectivity index (χ4n) is 2.72. The normalized spacial score (nSPS) is 28.5. The lowest BCUT2D eigenvalue weighted by Crippen LogP contribution is -2.39. The van der Waals surface area contributed by atoms with Gasteiger partial charge in [-0.1, -0.05) is 0 Å². The molecule has 6 nitrogen and oxygen atoms in total. The van der Waals surface area contributed by atoms with Gasteiger partial charge < -0.3 is 5.32 Å². The molecule has 0 aromatic heterocycles. The summed E-state index contributed by atoms with van der Waals surface area (Å²) in [7, 11) is -6.44. The van der Waals surface area contributed by atoms with Crippen LogP contribution in [0.3, 0.4) is 0 Å². The molecule has 2 aliphatic rings. The molecule has 1 unspecified atom stereocenters. The summed E-state index contributed by atoms with van der Waals surface area (Å²) in [6, 6.07) is 0. The zero-order valence-corrected chi connectivity index (χ0v) is 12.6. The Morgan fingerprint density at radius 1 is 1.16 bits per heavy atom. The maximum absolute atomic E-state index is 11.9. The van der Waals surface area contributed by atoms with Gasteiger partial charge in [0.15, 0.2) is 9.84 Å². The molecule has 2 aliphatic heterocycles. The standard InChI is InChI=1S/C11H22N2O4S2/c14-18(15)7-1-2-11(18)8-13-19(16,17)9-10-3-5-12-6-4-10/h10-13H,1-9H2. The van der Waals surface area contributed by atoms with Gasteiger partial charge in [0, 0.05) is 6.54 Å². The minimum absolute atomic E-state index is 0.0373. The molecule has 0 aromatic rings. The summed E-state index contributed by atoms with van der Waals surface area (Å²) in [5.41, 5.74) is 0. The monoisotopic (exact) mass is 310 g/mol. The molecule has 2 fully saturated rings. The minimum Gasteiger partial charge on any atom is -0.317 e. The summed E-state index contributed by atoms with van der Waals surface area (Å²) in [5.74, 6) is 0.480. The van der Waals surface area contributed by atoms with Crippen molar-refractivity contribution >= 4 is 19.9 Å². The average Bonchev–Trinajstić information content (AvgIpc) is 2.67. The van der Waals surface area contributed by atoms with Crippen molar-refractivity contribution in [3.05, 3.63) is 0 Å². The van der Waals surface area contributed by atoms with Gasteiger partial charge in [-0.15, -0.1) is 0 Å². The third-order valence-electron chi connectivity index (χ3n) is 3.91. The number of rotatable bonds is 5. The number of hydrogen-bond donors (Lipinski definition) is 2. The van der Waals surface area contributed by atoms with E-state index in [0.29, 0.717) is 12.8 Å². The third kappa shape index (κ3) is 4.40. The van der Waals surface area contributed by atoms with E-state index in [1.54, 1.807) is 0 Å². The predicted octanol–water partition coefficient (Wildman–Crippen LogP) is -0.517. The van der Waals surface area contributed by atoms with Crippen LogP contribution < -0.4 is 10.0 Å². The smallest absolute Gasteiger partial charge is 0.211 e. The van der Waals surface area contributed by atoms with Crippen LogP contribution in [0.4, 0.5) is 0 Å². The van der Waals surface area contributed by atoms with Crippen LogP contribution in [0.1, 0.15) is 25.7 Å². The summed E-state index contributed by atoms with van der Waals surface area (Å²) in [4.78, 5) is 0. The first kappa shape index (κ1) is 15.2. The Bertz CT molecular complexity index is 495. The van der Waals surface area contributed by atoms with E-state index in [2.05, 4.69) is 10.0 Å². The second-order valence-electron chi connectivity index (χ2n) is 5.45. The number of nitrogens with one attached hydrogen (secondary N) is 2. The van der Waals surface area contributed by atoms with E-state index in [-0.39, 0.29) is 24.0 Å². The lowest BCUT2D eigenvalue weighted by Gasteiger charge is -2.22. The van der Waals surface area contributed by atoms with E-state index in [9.17, 15) is 16.8 Å². The second-order valence-corrected chi connectivity index (χ2v) is 9.71. The first-order chi connectivity index (χ1) is 8.89. The molecule has 0 saturated carbocycles. The fraction of sp³-hybridized carbons (Fsp3) is 1.00. The van der Waals surface area contributed by atoms with Crippen LogP contribution in [0, 0.1) is 5.92 Å². The summed E-state index contributed by atoms with van der Waals surface area (Å²) in [6.07, 6.45) is 2.94. The molecule has 112 valence electrons. The SMILES string of the molecule is O=S(=O)(CC1CCNCC1)NCC1CCCS1(=O)=O. The summed E-state index contributed by atoms with van der Waals surface area (Å²) >= 11 is 0. The van der Waals surface area contributed by atoms with Crippen LogP contribution in [0.2, 0.25) is 0 Å². The van der Waals surface area contributed by atoms with Crippen molar-refractivity contribution in [3.8, 4) is 0 Å². The first-order valence-electron chi connectivity index (χ1n) is 6.79. The predicted molar refractivity (Wildman–Crippen MR) is 74.2 cm³/mol. The zero-order chi connectivity index (χ0) is 13.9. The molecule has 2 heterocycles. The summed E-state index contributed by atoms with van der Waals surface area (Å²) < 4.78 is 49.6. The van der Waals surface area contributed by atoms with Gasteiger partial charge in [-0.2, -0.15) is 0 Å². The summed E-state index contributed by atoms with van der Waals surface area (Å²) in [5, 5.41) is 2.66. The van der Waals surface area contributed by atoms with Crippen LogP contribution in [0.5, 0.6) is 0 Å². The number of sulfone groups is 1. The maximum Gasteiger partial charge on any atom is 0.211 e. The van der Waals surface area contributed by atoms with Crippen LogP contribution in [0.25, 0.3) is 0 Å². The number of sulfonamides is 1. The Morgan fingerprint density at radius 2 is 1.84 bits per heavy atom. The quantitative estimate of drug-likeness (QED) is 0.713. The molecule has 0 amide bonds. The Hall–Kier alpha value is -0.180. The van der Waals surface area contributed by atoms with E-state index < -0.39 is 25.1 Å². The second kappa shape index (κ2) is 6.07. The highest BCUT2D eigenvalue weighted by Crippen LogP contribution is 2.20. The van der Waals surface area contributed by atoms with Crippen molar-refractivity contribution < 1.29 is 16.8 Å². The van der Waals surface area contributed by atoms with Crippen molar-refractivity contribution in [1.82, 2.24) is 10.0 Å². The molecule has 2 rings (SSSR count). The highest BCUT2D eigenvalue weighted by Gasteiger charge is 2.32. The van der Waals surface area contributed by atoms with Crippen molar-refractivity contribution in [1.29, 1.82) is 0 Å². The van der Waals surface area contributed by atoms with Gasteiger partial charge in [-0.25, -0.2) is 21.6 Å². The minimum atomic E-state index is -3.36. The molecular weight excluding hydrogens is 288 g/mol.